The first-order valence-corrected chi connectivity index (χ1v) is 7.56. The van der Waals surface area contributed by atoms with Gasteiger partial charge in [-0.1, -0.05) is 6.07 Å². The van der Waals surface area contributed by atoms with Gasteiger partial charge in [0.25, 0.3) is 0 Å². The average Bonchev–Trinajstić information content (AvgIpc) is 2.87. The van der Waals surface area contributed by atoms with Crippen LogP contribution < -0.4 is 4.74 Å². The molecule has 1 saturated heterocycles. The molecule has 1 fully saturated rings. The van der Waals surface area contributed by atoms with E-state index in [0.29, 0.717) is 24.2 Å². The van der Waals surface area contributed by atoms with Crippen molar-refractivity contribution in [2.75, 3.05) is 6.54 Å². The lowest BCUT2D eigenvalue weighted by atomic mass is 10.1. The van der Waals surface area contributed by atoms with E-state index >= 15 is 0 Å². The molecular weight excluding hydrogens is 337 g/mol. The lowest BCUT2D eigenvalue weighted by molar-refractivity contribution is -0.0521. The van der Waals surface area contributed by atoms with Crippen LogP contribution in [0.25, 0.3) is 11.1 Å². The Morgan fingerprint density at radius 3 is 2.80 bits per heavy atom. The Labute approximate surface area is 142 Å². The second-order valence-electron chi connectivity index (χ2n) is 5.68. The molecule has 132 valence electrons. The van der Waals surface area contributed by atoms with Gasteiger partial charge in [-0.2, -0.15) is 8.78 Å². The second kappa shape index (κ2) is 7.00. The largest absolute Gasteiger partial charge is 0.444 e. The molecule has 3 rings (SSSR count). The van der Waals surface area contributed by atoms with E-state index in [4.69, 9.17) is 4.74 Å². The lowest BCUT2D eigenvalue weighted by Gasteiger charge is -2.13. The van der Waals surface area contributed by atoms with E-state index in [1.807, 2.05) is 0 Å². The van der Waals surface area contributed by atoms with Gasteiger partial charge in [0.05, 0.1) is 13.1 Å². The summed E-state index contributed by atoms with van der Waals surface area (Å²) < 4.78 is 47.5. The van der Waals surface area contributed by atoms with Gasteiger partial charge in [0.15, 0.2) is 11.6 Å². The Morgan fingerprint density at radius 1 is 1.32 bits per heavy atom. The third kappa shape index (κ3) is 4.01. The SMILES string of the molecule is CC1CN(Cc2cncc(-c3ccc(F)c(OC(F)F)c3)c2)C(=O)O1. The molecule has 0 saturated carbocycles. The van der Waals surface area contributed by atoms with Gasteiger partial charge in [0, 0.05) is 18.0 Å². The number of nitrogens with zero attached hydrogens (tertiary/aromatic N) is 2. The molecule has 1 aliphatic heterocycles. The van der Waals surface area contributed by atoms with Crippen LogP contribution in [-0.2, 0) is 11.3 Å². The average molecular weight is 352 g/mol. The van der Waals surface area contributed by atoms with Crippen LogP contribution >= 0.6 is 0 Å². The van der Waals surface area contributed by atoms with Crippen molar-refractivity contribution < 1.29 is 27.4 Å². The minimum Gasteiger partial charge on any atom is -0.444 e. The highest BCUT2D eigenvalue weighted by Crippen LogP contribution is 2.28. The highest BCUT2D eigenvalue weighted by atomic mass is 19.3. The van der Waals surface area contributed by atoms with Crippen molar-refractivity contribution in [3.05, 3.63) is 48.0 Å². The number of rotatable bonds is 5. The molecule has 2 aromatic rings. The zero-order chi connectivity index (χ0) is 18.0. The first-order valence-electron chi connectivity index (χ1n) is 7.56. The first kappa shape index (κ1) is 17.1. The Morgan fingerprint density at radius 2 is 2.12 bits per heavy atom. The zero-order valence-electron chi connectivity index (χ0n) is 13.3. The van der Waals surface area contributed by atoms with Crippen LogP contribution in [0.1, 0.15) is 12.5 Å². The fourth-order valence-corrected chi connectivity index (χ4v) is 2.62. The molecule has 1 atom stereocenters. The van der Waals surface area contributed by atoms with E-state index in [1.54, 1.807) is 24.1 Å². The van der Waals surface area contributed by atoms with Crippen molar-refractivity contribution in [1.82, 2.24) is 9.88 Å². The number of carbonyl (C=O) groups is 1. The van der Waals surface area contributed by atoms with Crippen molar-refractivity contribution in [1.29, 1.82) is 0 Å². The van der Waals surface area contributed by atoms with E-state index < -0.39 is 24.3 Å². The minimum absolute atomic E-state index is 0.171. The number of alkyl halides is 2. The summed E-state index contributed by atoms with van der Waals surface area (Å²) in [6.07, 6.45) is 2.55. The molecule has 25 heavy (non-hydrogen) atoms. The second-order valence-corrected chi connectivity index (χ2v) is 5.68. The van der Waals surface area contributed by atoms with Crippen molar-refractivity contribution in [3.8, 4) is 16.9 Å². The minimum atomic E-state index is -3.11. The maximum atomic E-state index is 13.5. The fourth-order valence-electron chi connectivity index (χ4n) is 2.62. The third-order valence-electron chi connectivity index (χ3n) is 3.69. The highest BCUT2D eigenvalue weighted by Gasteiger charge is 2.28. The van der Waals surface area contributed by atoms with Gasteiger partial charge < -0.3 is 14.4 Å². The van der Waals surface area contributed by atoms with Crippen LogP contribution in [0, 0.1) is 5.82 Å². The van der Waals surface area contributed by atoms with Crippen LogP contribution in [0.3, 0.4) is 0 Å². The Bertz CT molecular complexity index is 785. The third-order valence-corrected chi connectivity index (χ3v) is 3.69. The number of carbonyl (C=O) groups excluding carboxylic acids is 1. The molecule has 0 radical (unpaired) electrons. The summed E-state index contributed by atoms with van der Waals surface area (Å²) in [6.45, 7) is -0.523. The number of benzene rings is 1. The zero-order valence-corrected chi connectivity index (χ0v) is 13.3. The number of halogens is 3. The van der Waals surface area contributed by atoms with Gasteiger partial charge in [-0.25, -0.2) is 9.18 Å². The summed E-state index contributed by atoms with van der Waals surface area (Å²) >= 11 is 0. The normalized spacial score (nSPS) is 17.1. The molecule has 8 heteroatoms. The van der Waals surface area contributed by atoms with E-state index in [1.165, 1.54) is 18.3 Å². The van der Waals surface area contributed by atoms with E-state index in [2.05, 4.69) is 9.72 Å². The Hall–Kier alpha value is -2.77. The maximum Gasteiger partial charge on any atom is 0.410 e. The number of cyclic esters (lactones) is 1. The van der Waals surface area contributed by atoms with E-state index in [-0.39, 0.29) is 6.10 Å². The Balaban J connectivity index is 1.83. The van der Waals surface area contributed by atoms with Crippen molar-refractivity contribution >= 4 is 6.09 Å². The van der Waals surface area contributed by atoms with Gasteiger partial charge in [-0.15, -0.1) is 0 Å². The van der Waals surface area contributed by atoms with Gasteiger partial charge >= 0.3 is 12.7 Å². The number of ether oxygens (including phenoxy) is 2. The number of hydrogen-bond donors (Lipinski definition) is 0. The van der Waals surface area contributed by atoms with Crippen molar-refractivity contribution in [2.24, 2.45) is 0 Å². The molecule has 0 bridgehead atoms. The first-order chi connectivity index (χ1) is 11.9. The molecule has 1 aromatic heterocycles. The van der Waals surface area contributed by atoms with E-state index in [9.17, 15) is 18.0 Å². The summed E-state index contributed by atoms with van der Waals surface area (Å²) in [7, 11) is 0. The predicted octanol–water partition coefficient (Wildman–Crippen LogP) is 3.83. The van der Waals surface area contributed by atoms with Gasteiger partial charge in [0.1, 0.15) is 6.10 Å². The van der Waals surface area contributed by atoms with Gasteiger partial charge in [-0.05, 0) is 36.2 Å². The summed E-state index contributed by atoms with van der Waals surface area (Å²) in [5.74, 6) is -1.41. The topological polar surface area (TPSA) is 51.7 Å². The standard InChI is InChI=1S/C17H15F3N2O3/c1-10-8-22(17(23)24-10)9-11-4-13(7-21-6-11)12-2-3-14(18)15(5-12)25-16(19)20/h2-7,10,16H,8-9H2,1H3. The van der Waals surface area contributed by atoms with Crippen LogP contribution in [0.15, 0.2) is 36.7 Å². The van der Waals surface area contributed by atoms with Crippen LogP contribution in [0.2, 0.25) is 0 Å². The monoisotopic (exact) mass is 352 g/mol. The van der Waals surface area contributed by atoms with Gasteiger partial charge in [0.2, 0.25) is 0 Å². The van der Waals surface area contributed by atoms with Gasteiger partial charge in [-0.3, -0.25) is 4.98 Å². The highest BCUT2D eigenvalue weighted by molar-refractivity contribution is 5.70. The predicted molar refractivity (Wildman–Crippen MR) is 82.6 cm³/mol. The van der Waals surface area contributed by atoms with Crippen molar-refractivity contribution in [2.45, 2.75) is 26.2 Å². The number of amides is 1. The molecular formula is C17H15F3N2O3. The van der Waals surface area contributed by atoms with Crippen LogP contribution in [0.5, 0.6) is 5.75 Å². The summed E-state index contributed by atoms with van der Waals surface area (Å²) in [6, 6.07) is 5.44. The lowest BCUT2D eigenvalue weighted by Crippen LogP contribution is -2.24. The quantitative estimate of drug-likeness (QED) is 0.821. The number of pyridine rings is 1. The molecule has 1 aliphatic rings. The molecule has 1 unspecified atom stereocenters. The maximum absolute atomic E-state index is 13.5. The molecule has 1 aromatic carbocycles. The smallest absolute Gasteiger partial charge is 0.410 e. The Kier molecular flexibility index (Phi) is 4.78. The molecule has 0 spiro atoms. The molecule has 5 nitrogen and oxygen atoms in total. The van der Waals surface area contributed by atoms with E-state index in [0.717, 1.165) is 11.6 Å². The molecule has 0 N–H and O–H groups in total. The molecule has 1 amide bonds. The summed E-state index contributed by atoms with van der Waals surface area (Å²) in [4.78, 5) is 17.3. The van der Waals surface area contributed by atoms with Crippen LogP contribution in [-0.4, -0.2) is 35.2 Å². The summed E-state index contributed by atoms with van der Waals surface area (Å²) in [5, 5.41) is 0. The number of aromatic nitrogens is 1. The number of hydrogen-bond acceptors (Lipinski definition) is 4. The van der Waals surface area contributed by atoms with Crippen LogP contribution in [0.4, 0.5) is 18.0 Å². The molecule has 0 aliphatic carbocycles. The van der Waals surface area contributed by atoms with Crippen molar-refractivity contribution in [3.63, 3.8) is 0 Å². The molecule has 2 heterocycles. The fraction of sp³-hybridized carbons (Fsp3) is 0.294. The summed E-state index contributed by atoms with van der Waals surface area (Å²) in [5.41, 5.74) is 1.81.